The molecule has 2 amide bonds. The molecule has 160 valence electrons. The van der Waals surface area contributed by atoms with E-state index in [9.17, 15) is 22.8 Å². The first kappa shape index (κ1) is 22.1. The van der Waals surface area contributed by atoms with Gasteiger partial charge in [-0.1, -0.05) is 29.8 Å². The summed E-state index contributed by atoms with van der Waals surface area (Å²) in [4.78, 5) is 23.9. The third-order valence-corrected chi connectivity index (χ3v) is 4.34. The molecule has 1 aromatic heterocycles. The maximum absolute atomic E-state index is 13.8. The molecule has 31 heavy (non-hydrogen) atoms. The highest BCUT2D eigenvalue weighted by Crippen LogP contribution is 2.34. The van der Waals surface area contributed by atoms with Crippen LogP contribution in [0, 0.1) is 0 Å². The first-order valence-electron chi connectivity index (χ1n) is 8.64. The van der Waals surface area contributed by atoms with Crippen molar-refractivity contribution < 1.29 is 28.0 Å². The maximum atomic E-state index is 13.8. The average Bonchev–Trinajstić information content (AvgIpc) is 3.19. The van der Waals surface area contributed by atoms with E-state index in [0.29, 0.717) is 15.3 Å². The summed E-state index contributed by atoms with van der Waals surface area (Å²) >= 11 is 5.78. The molecule has 0 aliphatic rings. The molecule has 0 atom stereocenters. The number of carbonyl (C=O) groups excluding carboxylic acids is 2. The van der Waals surface area contributed by atoms with E-state index in [0.717, 1.165) is 12.3 Å². The Bertz CT molecular complexity index is 1140. The number of aromatic nitrogens is 2. The smallest absolute Gasteiger partial charge is 0.321 e. The van der Waals surface area contributed by atoms with Crippen LogP contribution >= 0.6 is 11.6 Å². The standard InChI is InChI=1S/C20H14ClF3N4O3/c21-13-6-8-14(9-7-13)28-18(20(22,23)24)15(11-25-28)19(30)26-16-4-2-1-3-12(16)5-10-17(29)27-31/h1-11,31H,(H,26,30)(H,27,29). The molecular weight excluding hydrogens is 437 g/mol. The van der Waals surface area contributed by atoms with Gasteiger partial charge in [-0.2, -0.15) is 18.3 Å². The van der Waals surface area contributed by atoms with Crippen LogP contribution in [-0.2, 0) is 11.0 Å². The molecule has 0 fully saturated rings. The number of hydrogen-bond donors (Lipinski definition) is 3. The highest BCUT2D eigenvalue weighted by Gasteiger charge is 2.40. The van der Waals surface area contributed by atoms with E-state index in [-0.39, 0.29) is 11.4 Å². The minimum absolute atomic E-state index is 0.0779. The van der Waals surface area contributed by atoms with E-state index in [1.807, 2.05) is 0 Å². The van der Waals surface area contributed by atoms with E-state index in [1.54, 1.807) is 12.1 Å². The number of alkyl halides is 3. The van der Waals surface area contributed by atoms with Crippen LogP contribution < -0.4 is 10.8 Å². The molecule has 3 aromatic rings. The van der Waals surface area contributed by atoms with Gasteiger partial charge in [0.05, 0.1) is 17.4 Å². The summed E-state index contributed by atoms with van der Waals surface area (Å²) in [6, 6.07) is 11.6. The van der Waals surface area contributed by atoms with Gasteiger partial charge in [-0.3, -0.25) is 14.8 Å². The van der Waals surface area contributed by atoms with E-state index in [2.05, 4.69) is 10.4 Å². The molecule has 2 aromatic carbocycles. The molecule has 0 bridgehead atoms. The fraction of sp³-hybridized carbons (Fsp3) is 0.0500. The van der Waals surface area contributed by atoms with Crippen LogP contribution in [0.4, 0.5) is 18.9 Å². The van der Waals surface area contributed by atoms with Gasteiger partial charge < -0.3 is 5.32 Å². The number of nitrogens with one attached hydrogen (secondary N) is 2. The second-order valence-electron chi connectivity index (χ2n) is 6.14. The Hall–Kier alpha value is -3.63. The summed E-state index contributed by atoms with van der Waals surface area (Å²) in [5, 5.41) is 15.0. The normalized spacial score (nSPS) is 11.5. The Labute approximate surface area is 178 Å². The van der Waals surface area contributed by atoms with Crippen LogP contribution in [0.3, 0.4) is 0 Å². The zero-order valence-corrected chi connectivity index (χ0v) is 16.3. The summed E-state index contributed by atoms with van der Waals surface area (Å²) in [7, 11) is 0. The summed E-state index contributed by atoms with van der Waals surface area (Å²) in [6.07, 6.45) is -1.78. The Morgan fingerprint density at radius 2 is 1.77 bits per heavy atom. The Kier molecular flexibility index (Phi) is 6.42. The number of nitrogens with zero attached hydrogens (tertiary/aromatic N) is 2. The van der Waals surface area contributed by atoms with Crippen LogP contribution in [0.1, 0.15) is 21.6 Å². The van der Waals surface area contributed by atoms with Crippen LogP contribution in [0.2, 0.25) is 5.02 Å². The minimum atomic E-state index is -4.87. The second-order valence-corrected chi connectivity index (χ2v) is 6.58. The lowest BCUT2D eigenvalue weighted by atomic mass is 10.1. The quantitative estimate of drug-likeness (QED) is 0.306. The molecule has 0 aliphatic carbocycles. The third kappa shape index (κ3) is 5.11. The number of hydroxylamine groups is 1. The zero-order chi connectivity index (χ0) is 22.6. The summed E-state index contributed by atoms with van der Waals surface area (Å²) in [5.41, 5.74) is 0.0379. The van der Waals surface area contributed by atoms with Gasteiger partial charge in [0.25, 0.3) is 11.8 Å². The number of para-hydroxylation sites is 1. The predicted molar refractivity (Wildman–Crippen MR) is 107 cm³/mol. The molecule has 0 spiro atoms. The molecule has 0 saturated carbocycles. The number of benzene rings is 2. The van der Waals surface area contributed by atoms with Gasteiger partial charge in [-0.15, -0.1) is 0 Å². The Balaban J connectivity index is 1.98. The molecule has 0 unspecified atom stereocenters. The van der Waals surface area contributed by atoms with E-state index in [1.165, 1.54) is 48.0 Å². The first-order chi connectivity index (χ1) is 14.7. The lowest BCUT2D eigenvalue weighted by molar-refractivity contribution is -0.143. The van der Waals surface area contributed by atoms with Crippen molar-refractivity contribution in [3.8, 4) is 5.69 Å². The topological polar surface area (TPSA) is 96.2 Å². The molecule has 7 nitrogen and oxygen atoms in total. The largest absolute Gasteiger partial charge is 0.434 e. The van der Waals surface area contributed by atoms with Gasteiger partial charge in [-0.05, 0) is 42.0 Å². The Morgan fingerprint density at radius 1 is 1.10 bits per heavy atom. The van der Waals surface area contributed by atoms with Crippen molar-refractivity contribution in [1.82, 2.24) is 15.3 Å². The highest BCUT2D eigenvalue weighted by atomic mass is 35.5. The molecule has 1 heterocycles. The van der Waals surface area contributed by atoms with Crippen molar-refractivity contribution >= 4 is 35.2 Å². The number of amides is 2. The molecule has 3 rings (SSSR count). The third-order valence-electron chi connectivity index (χ3n) is 4.09. The van der Waals surface area contributed by atoms with E-state index in [4.69, 9.17) is 16.8 Å². The summed E-state index contributed by atoms with van der Waals surface area (Å²) in [5.74, 6) is -1.86. The average molecular weight is 451 g/mol. The fourth-order valence-electron chi connectivity index (χ4n) is 2.71. The van der Waals surface area contributed by atoms with Gasteiger partial charge in [0.1, 0.15) is 0 Å². The zero-order valence-electron chi connectivity index (χ0n) is 15.5. The van der Waals surface area contributed by atoms with Gasteiger partial charge in [0, 0.05) is 16.8 Å². The molecule has 3 N–H and O–H groups in total. The van der Waals surface area contributed by atoms with Gasteiger partial charge in [0.2, 0.25) is 0 Å². The number of anilines is 1. The molecule has 0 radical (unpaired) electrons. The van der Waals surface area contributed by atoms with Crippen LogP contribution in [-0.4, -0.2) is 26.8 Å². The molecular formula is C20H14ClF3N4O3. The van der Waals surface area contributed by atoms with E-state index >= 15 is 0 Å². The lowest BCUT2D eigenvalue weighted by Gasteiger charge is -2.13. The first-order valence-corrected chi connectivity index (χ1v) is 9.02. The predicted octanol–water partition coefficient (Wildman–Crippen LogP) is 4.32. The van der Waals surface area contributed by atoms with Gasteiger partial charge in [0.15, 0.2) is 5.69 Å². The number of rotatable bonds is 5. The fourth-order valence-corrected chi connectivity index (χ4v) is 2.84. The highest BCUT2D eigenvalue weighted by molar-refractivity contribution is 6.30. The Morgan fingerprint density at radius 3 is 2.42 bits per heavy atom. The number of hydrogen-bond acceptors (Lipinski definition) is 4. The monoisotopic (exact) mass is 450 g/mol. The van der Waals surface area contributed by atoms with Crippen molar-refractivity contribution in [1.29, 1.82) is 0 Å². The summed E-state index contributed by atoms with van der Waals surface area (Å²) < 4.78 is 42.0. The minimum Gasteiger partial charge on any atom is -0.321 e. The van der Waals surface area contributed by atoms with Gasteiger partial charge in [-0.25, -0.2) is 10.2 Å². The SMILES string of the molecule is O=C(C=Cc1ccccc1NC(=O)c1cnn(-c2ccc(Cl)cc2)c1C(F)(F)F)NO. The second kappa shape index (κ2) is 9.02. The lowest BCUT2D eigenvalue weighted by Crippen LogP contribution is -2.21. The van der Waals surface area contributed by atoms with Crippen molar-refractivity contribution in [2.75, 3.05) is 5.32 Å². The number of carbonyl (C=O) groups is 2. The van der Waals surface area contributed by atoms with E-state index < -0.39 is 29.2 Å². The van der Waals surface area contributed by atoms with Crippen LogP contribution in [0.5, 0.6) is 0 Å². The van der Waals surface area contributed by atoms with Crippen molar-refractivity contribution in [3.05, 3.63) is 82.6 Å². The van der Waals surface area contributed by atoms with Crippen LogP contribution in [0.25, 0.3) is 11.8 Å². The number of halogens is 4. The summed E-state index contributed by atoms with van der Waals surface area (Å²) in [6.45, 7) is 0. The van der Waals surface area contributed by atoms with Crippen LogP contribution in [0.15, 0.2) is 60.8 Å². The van der Waals surface area contributed by atoms with Gasteiger partial charge >= 0.3 is 6.18 Å². The molecule has 0 aliphatic heterocycles. The molecule has 11 heteroatoms. The van der Waals surface area contributed by atoms with Crippen molar-refractivity contribution in [2.24, 2.45) is 0 Å². The molecule has 0 saturated heterocycles. The maximum Gasteiger partial charge on any atom is 0.434 e. The van der Waals surface area contributed by atoms with Crippen molar-refractivity contribution in [2.45, 2.75) is 6.18 Å². The van der Waals surface area contributed by atoms with Crippen molar-refractivity contribution in [3.63, 3.8) is 0 Å².